The maximum absolute atomic E-state index is 12.0. The number of anilines is 1. The van der Waals surface area contributed by atoms with Gasteiger partial charge in [-0.15, -0.1) is 11.8 Å². The van der Waals surface area contributed by atoms with E-state index in [9.17, 15) is 9.59 Å². The Labute approximate surface area is 125 Å². The molecular formula is C14H13N3O3S. The van der Waals surface area contributed by atoms with Gasteiger partial charge in [-0.25, -0.2) is 4.79 Å². The number of rotatable bonds is 3. The highest BCUT2D eigenvalue weighted by atomic mass is 32.2. The summed E-state index contributed by atoms with van der Waals surface area (Å²) >= 11 is 1.54. The Hall–Kier alpha value is -2.12. The number of nitrogens with one attached hydrogen (secondary N) is 1. The molecular weight excluding hydrogens is 290 g/mol. The molecule has 108 valence electrons. The lowest BCUT2D eigenvalue weighted by molar-refractivity contribution is 0.0933. The van der Waals surface area contributed by atoms with Crippen molar-refractivity contribution >= 4 is 23.5 Å². The van der Waals surface area contributed by atoms with Gasteiger partial charge in [0.25, 0.3) is 5.91 Å². The minimum atomic E-state index is -0.444. The summed E-state index contributed by atoms with van der Waals surface area (Å²) in [5.41, 5.74) is -0.262. The number of amides is 1. The summed E-state index contributed by atoms with van der Waals surface area (Å²) in [5, 5.41) is 2.61. The zero-order valence-corrected chi connectivity index (χ0v) is 11.9. The lowest BCUT2D eigenvalue weighted by Crippen LogP contribution is -2.26. The van der Waals surface area contributed by atoms with Gasteiger partial charge >= 0.3 is 5.69 Å². The Balaban J connectivity index is 1.76. The van der Waals surface area contributed by atoms with Crippen molar-refractivity contribution in [3.8, 4) is 0 Å². The fraction of sp³-hybridized carbons (Fsp3) is 0.214. The summed E-state index contributed by atoms with van der Waals surface area (Å²) in [6.07, 6.45) is 1.58. The number of hydrogen-bond acceptors (Lipinski definition) is 5. The van der Waals surface area contributed by atoms with Gasteiger partial charge in [-0.2, -0.15) is 4.98 Å². The van der Waals surface area contributed by atoms with Gasteiger partial charge in [-0.3, -0.25) is 9.36 Å². The van der Waals surface area contributed by atoms with E-state index < -0.39 is 5.69 Å². The number of hydrogen-bond donors (Lipinski definition) is 1. The normalized spacial score (nSPS) is 17.6. The maximum atomic E-state index is 12.0. The second-order valence-corrected chi connectivity index (χ2v) is 5.52. The molecule has 0 spiro atoms. The Morgan fingerprint density at radius 2 is 2.14 bits per heavy atom. The molecule has 1 aliphatic heterocycles. The second kappa shape index (κ2) is 6.11. The fourth-order valence-corrected chi connectivity index (χ4v) is 2.83. The predicted molar refractivity (Wildman–Crippen MR) is 80.3 cm³/mol. The molecule has 1 unspecified atom stereocenters. The molecule has 0 bridgehead atoms. The summed E-state index contributed by atoms with van der Waals surface area (Å²) in [4.78, 5) is 27.8. The zero-order chi connectivity index (χ0) is 14.7. The monoisotopic (exact) mass is 303 g/mol. The summed E-state index contributed by atoms with van der Waals surface area (Å²) in [5.74, 6) is 0.781. The van der Waals surface area contributed by atoms with Crippen LogP contribution in [0.3, 0.4) is 0 Å². The molecule has 1 saturated heterocycles. The average Bonchev–Trinajstić information content (AvgIpc) is 3.02. The number of aromatic nitrogens is 2. The molecule has 1 amide bonds. The van der Waals surface area contributed by atoms with Crippen LogP contribution in [-0.2, 0) is 4.74 Å². The van der Waals surface area contributed by atoms with Crippen LogP contribution >= 0.6 is 11.8 Å². The van der Waals surface area contributed by atoms with Crippen LogP contribution in [0.25, 0.3) is 0 Å². The van der Waals surface area contributed by atoms with Crippen molar-refractivity contribution in [2.75, 3.05) is 17.7 Å². The van der Waals surface area contributed by atoms with E-state index in [0.717, 1.165) is 5.75 Å². The fourth-order valence-electron chi connectivity index (χ4n) is 1.93. The van der Waals surface area contributed by atoms with E-state index in [2.05, 4.69) is 10.3 Å². The van der Waals surface area contributed by atoms with Gasteiger partial charge in [0.15, 0.2) is 5.56 Å². The number of nitrogens with zero attached hydrogens (tertiary/aromatic N) is 2. The molecule has 3 rings (SSSR count). The third-order valence-corrected chi connectivity index (χ3v) is 3.99. The molecule has 1 fully saturated rings. The standard InChI is InChI=1S/C14H13N3O3S/c18-12(10-4-2-1-3-5-10)15-11-6-7-17(13(19)16-11)14-20-8-9-21-14/h1-7,14H,8-9H2,(H,15,16,18,19). The molecule has 1 aliphatic rings. The molecule has 0 radical (unpaired) electrons. The quantitative estimate of drug-likeness (QED) is 0.934. The van der Waals surface area contributed by atoms with Gasteiger partial charge in [-0.1, -0.05) is 18.2 Å². The lowest BCUT2D eigenvalue weighted by atomic mass is 10.2. The third-order valence-electron chi connectivity index (χ3n) is 2.94. The van der Waals surface area contributed by atoms with Crippen LogP contribution in [0.4, 0.5) is 5.82 Å². The highest BCUT2D eigenvalue weighted by Crippen LogP contribution is 2.28. The first-order valence-electron chi connectivity index (χ1n) is 6.43. The Morgan fingerprint density at radius 3 is 2.81 bits per heavy atom. The molecule has 7 heteroatoms. The molecule has 1 aromatic carbocycles. The minimum Gasteiger partial charge on any atom is -0.347 e. The lowest BCUT2D eigenvalue weighted by Gasteiger charge is -2.12. The van der Waals surface area contributed by atoms with Crippen molar-refractivity contribution in [1.29, 1.82) is 0 Å². The van der Waals surface area contributed by atoms with Gasteiger partial charge < -0.3 is 10.1 Å². The average molecular weight is 303 g/mol. The molecule has 21 heavy (non-hydrogen) atoms. The summed E-state index contributed by atoms with van der Waals surface area (Å²) in [7, 11) is 0. The van der Waals surface area contributed by atoms with E-state index >= 15 is 0 Å². The van der Waals surface area contributed by atoms with Crippen LogP contribution in [-0.4, -0.2) is 27.8 Å². The molecule has 1 N–H and O–H groups in total. The number of carbonyl (C=O) groups excluding carboxylic acids is 1. The SMILES string of the molecule is O=C(Nc1ccn(C2OCCS2)c(=O)n1)c1ccccc1. The highest BCUT2D eigenvalue weighted by molar-refractivity contribution is 7.99. The number of thioether (sulfide) groups is 1. The number of carbonyl (C=O) groups is 1. The number of benzene rings is 1. The second-order valence-electron chi connectivity index (χ2n) is 4.37. The first kappa shape index (κ1) is 13.8. The van der Waals surface area contributed by atoms with Crippen LogP contribution in [0.1, 0.15) is 15.9 Å². The van der Waals surface area contributed by atoms with Crippen molar-refractivity contribution in [1.82, 2.24) is 9.55 Å². The smallest absolute Gasteiger partial charge is 0.347 e. The van der Waals surface area contributed by atoms with Crippen molar-refractivity contribution in [3.05, 3.63) is 58.6 Å². The summed E-state index contributed by atoms with van der Waals surface area (Å²) < 4.78 is 6.82. The van der Waals surface area contributed by atoms with Crippen LogP contribution in [0.15, 0.2) is 47.4 Å². The van der Waals surface area contributed by atoms with E-state index in [-0.39, 0.29) is 17.3 Å². The van der Waals surface area contributed by atoms with E-state index in [1.807, 2.05) is 6.07 Å². The first-order valence-corrected chi connectivity index (χ1v) is 7.48. The molecule has 1 aromatic heterocycles. The topological polar surface area (TPSA) is 73.2 Å². The van der Waals surface area contributed by atoms with Crippen LogP contribution in [0, 0.1) is 0 Å². The largest absolute Gasteiger partial charge is 0.352 e. The summed E-state index contributed by atoms with van der Waals surface area (Å²) in [6.45, 7) is 0.619. The number of ether oxygens (including phenoxy) is 1. The molecule has 6 nitrogen and oxygen atoms in total. The zero-order valence-electron chi connectivity index (χ0n) is 11.1. The third kappa shape index (κ3) is 3.14. The first-order chi connectivity index (χ1) is 10.2. The minimum absolute atomic E-state index is 0.230. The summed E-state index contributed by atoms with van der Waals surface area (Å²) in [6, 6.07) is 10.4. The van der Waals surface area contributed by atoms with Crippen molar-refractivity contribution in [2.45, 2.75) is 5.56 Å². The molecule has 0 aliphatic carbocycles. The van der Waals surface area contributed by atoms with Crippen LogP contribution in [0.2, 0.25) is 0 Å². The highest BCUT2D eigenvalue weighted by Gasteiger charge is 2.19. The Kier molecular flexibility index (Phi) is 4.03. The van der Waals surface area contributed by atoms with Crippen molar-refractivity contribution in [2.24, 2.45) is 0 Å². The van der Waals surface area contributed by atoms with Gasteiger partial charge in [-0.05, 0) is 18.2 Å². The Morgan fingerprint density at radius 1 is 1.33 bits per heavy atom. The predicted octanol–water partition coefficient (Wildman–Crippen LogP) is 1.72. The van der Waals surface area contributed by atoms with Gasteiger partial charge in [0, 0.05) is 17.5 Å². The van der Waals surface area contributed by atoms with Crippen LogP contribution < -0.4 is 11.0 Å². The molecule has 2 aromatic rings. The maximum Gasteiger partial charge on any atom is 0.352 e. The van der Waals surface area contributed by atoms with Crippen LogP contribution in [0.5, 0.6) is 0 Å². The van der Waals surface area contributed by atoms with Gasteiger partial charge in [0.1, 0.15) is 5.82 Å². The van der Waals surface area contributed by atoms with Crippen molar-refractivity contribution < 1.29 is 9.53 Å². The van der Waals surface area contributed by atoms with E-state index in [0.29, 0.717) is 12.2 Å². The molecule has 1 atom stereocenters. The van der Waals surface area contributed by atoms with E-state index in [1.165, 1.54) is 16.3 Å². The van der Waals surface area contributed by atoms with Gasteiger partial charge in [0.05, 0.1) is 6.61 Å². The molecule has 2 heterocycles. The van der Waals surface area contributed by atoms with Crippen molar-refractivity contribution in [3.63, 3.8) is 0 Å². The van der Waals surface area contributed by atoms with E-state index in [4.69, 9.17) is 4.74 Å². The Bertz CT molecular complexity index is 696. The van der Waals surface area contributed by atoms with E-state index in [1.54, 1.807) is 36.5 Å². The van der Waals surface area contributed by atoms with Gasteiger partial charge in [0.2, 0.25) is 0 Å². The molecule has 0 saturated carbocycles.